The van der Waals surface area contributed by atoms with Gasteiger partial charge in [-0.2, -0.15) is 0 Å². The number of primary amides is 2. The van der Waals surface area contributed by atoms with Gasteiger partial charge in [-0.1, -0.05) is 13.5 Å². The highest BCUT2D eigenvalue weighted by Gasteiger charge is 1.79. The number of allylic oxidation sites excluding steroid dienone is 1. The van der Waals surface area contributed by atoms with E-state index in [1.807, 2.05) is 6.92 Å². The van der Waals surface area contributed by atoms with Crippen LogP contribution in [0.1, 0.15) is 19.8 Å². The van der Waals surface area contributed by atoms with Crippen LogP contribution in [0.15, 0.2) is 12.3 Å². The number of aliphatic hydroxyl groups excluding tert-OH is 1. The third-order valence-corrected chi connectivity index (χ3v) is 0.539. The molecule has 2 amide bonds. The molecule has 0 radical (unpaired) electrons. The van der Waals surface area contributed by atoms with Crippen molar-refractivity contribution in [1.82, 2.24) is 0 Å². The molecule has 0 heterocycles. The normalized spacial score (nSPS) is 7.30. The van der Waals surface area contributed by atoms with Gasteiger partial charge >= 0.3 is 6.03 Å². The molecular formula is C6H14N2O2. The highest BCUT2D eigenvalue weighted by atomic mass is 16.3. The molecule has 0 unspecified atom stereocenters. The van der Waals surface area contributed by atoms with Crippen molar-refractivity contribution in [3.05, 3.63) is 12.3 Å². The summed E-state index contributed by atoms with van der Waals surface area (Å²) in [6.45, 7) is 5.30. The van der Waals surface area contributed by atoms with Crippen LogP contribution in [-0.2, 0) is 0 Å². The molecule has 10 heavy (non-hydrogen) atoms. The van der Waals surface area contributed by atoms with E-state index in [4.69, 9.17) is 9.90 Å². The van der Waals surface area contributed by atoms with Crippen LogP contribution in [0.4, 0.5) is 4.79 Å². The van der Waals surface area contributed by atoms with E-state index in [1.54, 1.807) is 0 Å². The maximum atomic E-state index is 9.00. The molecule has 0 bridgehead atoms. The summed E-state index contributed by atoms with van der Waals surface area (Å²) in [6, 6.07) is -0.833. The Morgan fingerprint density at radius 2 is 1.90 bits per heavy atom. The molecule has 0 aromatic carbocycles. The Balaban J connectivity index is 0. The summed E-state index contributed by atoms with van der Waals surface area (Å²) in [4.78, 5) is 9.00. The summed E-state index contributed by atoms with van der Waals surface area (Å²) < 4.78 is 0. The van der Waals surface area contributed by atoms with Crippen LogP contribution in [0.3, 0.4) is 0 Å². The molecule has 0 saturated carbocycles. The van der Waals surface area contributed by atoms with Gasteiger partial charge in [-0.3, -0.25) is 0 Å². The van der Waals surface area contributed by atoms with Crippen LogP contribution in [0.5, 0.6) is 0 Å². The number of urea groups is 1. The van der Waals surface area contributed by atoms with Gasteiger partial charge < -0.3 is 16.6 Å². The minimum atomic E-state index is -0.833. The molecular weight excluding hydrogens is 132 g/mol. The van der Waals surface area contributed by atoms with Crippen molar-refractivity contribution in [3.63, 3.8) is 0 Å². The number of hydrogen-bond acceptors (Lipinski definition) is 2. The van der Waals surface area contributed by atoms with Crippen molar-refractivity contribution < 1.29 is 9.90 Å². The maximum Gasteiger partial charge on any atom is 0.309 e. The summed E-state index contributed by atoms with van der Waals surface area (Å²) in [5, 5.41) is 8.36. The topological polar surface area (TPSA) is 89.3 Å². The summed E-state index contributed by atoms with van der Waals surface area (Å²) in [6.07, 6.45) is 1.72. The number of hydrogen-bond donors (Lipinski definition) is 3. The predicted molar refractivity (Wildman–Crippen MR) is 40.4 cm³/mol. The second-order valence-electron chi connectivity index (χ2n) is 1.72. The van der Waals surface area contributed by atoms with E-state index in [0.29, 0.717) is 0 Å². The van der Waals surface area contributed by atoms with Crippen molar-refractivity contribution in [2.45, 2.75) is 19.8 Å². The first-order chi connectivity index (χ1) is 4.50. The van der Waals surface area contributed by atoms with E-state index in [2.05, 4.69) is 18.0 Å². The van der Waals surface area contributed by atoms with Crippen LogP contribution < -0.4 is 11.5 Å². The molecule has 0 aliphatic heterocycles. The molecule has 0 saturated heterocycles. The molecule has 4 nitrogen and oxygen atoms in total. The van der Waals surface area contributed by atoms with Gasteiger partial charge in [0.05, 0.1) is 5.76 Å². The number of rotatable bonds is 2. The number of carbonyl (C=O) groups is 1. The molecule has 5 N–H and O–H groups in total. The molecule has 0 rings (SSSR count). The molecule has 4 heteroatoms. The molecule has 0 spiro atoms. The fourth-order valence-corrected chi connectivity index (χ4v) is 0.289. The monoisotopic (exact) mass is 146 g/mol. The molecule has 0 atom stereocenters. The predicted octanol–water partition coefficient (Wildman–Crippen LogP) is 0.882. The van der Waals surface area contributed by atoms with Crippen LogP contribution in [-0.4, -0.2) is 11.1 Å². The number of amides is 2. The van der Waals surface area contributed by atoms with Gasteiger partial charge in [0.15, 0.2) is 0 Å². The Morgan fingerprint density at radius 3 is 1.90 bits per heavy atom. The number of nitrogens with two attached hydrogens (primary N) is 2. The average molecular weight is 146 g/mol. The first-order valence-corrected chi connectivity index (χ1v) is 2.92. The van der Waals surface area contributed by atoms with Crippen LogP contribution in [0.25, 0.3) is 0 Å². The Hall–Kier alpha value is -1.19. The first-order valence-electron chi connectivity index (χ1n) is 2.92. The minimum absolute atomic E-state index is 0.289. The fourth-order valence-electron chi connectivity index (χ4n) is 0.289. The Morgan fingerprint density at radius 1 is 1.60 bits per heavy atom. The third kappa shape index (κ3) is 70.2. The average Bonchev–Trinajstić information content (AvgIpc) is 1.62. The molecule has 0 fully saturated rings. The van der Waals surface area contributed by atoms with E-state index in [-0.39, 0.29) is 5.76 Å². The number of aliphatic hydroxyl groups is 1. The van der Waals surface area contributed by atoms with Crippen LogP contribution in [0, 0.1) is 0 Å². The van der Waals surface area contributed by atoms with Crippen molar-refractivity contribution >= 4 is 6.03 Å². The van der Waals surface area contributed by atoms with Gasteiger partial charge in [0.1, 0.15) is 0 Å². The third-order valence-electron chi connectivity index (χ3n) is 0.539. The molecule has 0 aromatic heterocycles. The van der Waals surface area contributed by atoms with Crippen molar-refractivity contribution in [3.8, 4) is 0 Å². The van der Waals surface area contributed by atoms with E-state index < -0.39 is 6.03 Å². The van der Waals surface area contributed by atoms with Gasteiger partial charge in [-0.25, -0.2) is 4.79 Å². The van der Waals surface area contributed by atoms with Gasteiger partial charge in [0, 0.05) is 6.42 Å². The standard InChI is InChI=1S/C5H10O.CH4N2O/c1-3-4-5(2)6;2-1(3)4/h6H,2-4H2,1H3;(H4,2,3,4). The zero-order valence-electron chi connectivity index (χ0n) is 6.13. The van der Waals surface area contributed by atoms with Gasteiger partial charge in [-0.15, -0.1) is 0 Å². The smallest absolute Gasteiger partial charge is 0.309 e. The lowest BCUT2D eigenvalue weighted by molar-refractivity contribution is 0.256. The summed E-state index contributed by atoms with van der Waals surface area (Å²) in [7, 11) is 0. The second kappa shape index (κ2) is 7.81. The van der Waals surface area contributed by atoms with Crippen LogP contribution >= 0.6 is 0 Å². The fraction of sp³-hybridized carbons (Fsp3) is 0.500. The molecule has 0 aliphatic carbocycles. The van der Waals surface area contributed by atoms with Gasteiger partial charge in [-0.05, 0) is 6.42 Å². The summed E-state index contributed by atoms with van der Waals surface area (Å²) in [5.41, 5.74) is 8.50. The van der Waals surface area contributed by atoms with E-state index >= 15 is 0 Å². The van der Waals surface area contributed by atoms with Crippen molar-refractivity contribution in [2.75, 3.05) is 0 Å². The SMILES string of the molecule is C=C(O)CCC.NC(N)=O. The van der Waals surface area contributed by atoms with Crippen molar-refractivity contribution in [2.24, 2.45) is 11.5 Å². The zero-order valence-corrected chi connectivity index (χ0v) is 6.13. The molecule has 60 valence electrons. The Labute approximate surface area is 60.5 Å². The second-order valence-corrected chi connectivity index (χ2v) is 1.72. The summed E-state index contributed by atoms with van der Waals surface area (Å²) >= 11 is 0. The van der Waals surface area contributed by atoms with Crippen molar-refractivity contribution in [1.29, 1.82) is 0 Å². The van der Waals surface area contributed by atoms with E-state index in [9.17, 15) is 0 Å². The Kier molecular flexibility index (Phi) is 9.05. The Bertz CT molecular complexity index is 108. The largest absolute Gasteiger partial charge is 0.513 e. The lowest BCUT2D eigenvalue weighted by Gasteiger charge is -1.86. The van der Waals surface area contributed by atoms with Gasteiger partial charge in [0.2, 0.25) is 0 Å². The van der Waals surface area contributed by atoms with Crippen LogP contribution in [0.2, 0.25) is 0 Å². The lowest BCUT2D eigenvalue weighted by atomic mass is 10.3. The first kappa shape index (κ1) is 11.6. The highest BCUT2D eigenvalue weighted by molar-refractivity contribution is 5.69. The minimum Gasteiger partial charge on any atom is -0.513 e. The maximum absolute atomic E-state index is 9.00. The molecule has 0 aliphatic rings. The summed E-state index contributed by atoms with van der Waals surface area (Å²) in [5.74, 6) is 0.289. The number of carbonyl (C=O) groups excluding carboxylic acids is 1. The van der Waals surface area contributed by atoms with E-state index in [0.717, 1.165) is 12.8 Å². The molecule has 0 aromatic rings. The van der Waals surface area contributed by atoms with Gasteiger partial charge in [0.25, 0.3) is 0 Å². The highest BCUT2D eigenvalue weighted by Crippen LogP contribution is 1.93. The lowest BCUT2D eigenvalue weighted by Crippen LogP contribution is -2.18. The quantitative estimate of drug-likeness (QED) is 0.505. The zero-order chi connectivity index (χ0) is 8.57. The van der Waals surface area contributed by atoms with E-state index in [1.165, 1.54) is 0 Å².